The molecule has 1 unspecified atom stereocenters. The van der Waals surface area contributed by atoms with E-state index >= 15 is 0 Å². The van der Waals surface area contributed by atoms with Crippen LogP contribution in [0.1, 0.15) is 30.1 Å². The van der Waals surface area contributed by atoms with Crippen LogP contribution in [0.2, 0.25) is 0 Å². The van der Waals surface area contributed by atoms with Crippen molar-refractivity contribution in [3.63, 3.8) is 0 Å². The van der Waals surface area contributed by atoms with Crippen LogP contribution in [0.3, 0.4) is 0 Å². The number of carbonyl (C=O) groups is 2. The molecule has 0 radical (unpaired) electrons. The number of urea groups is 1. The van der Waals surface area contributed by atoms with Crippen molar-refractivity contribution in [2.75, 3.05) is 13.6 Å². The summed E-state index contributed by atoms with van der Waals surface area (Å²) in [6.07, 6.45) is 1.44. The molecular formula is C18H24N4O4. The van der Waals surface area contributed by atoms with Crippen molar-refractivity contribution >= 4 is 12.0 Å². The zero-order valence-electron chi connectivity index (χ0n) is 15.0. The zero-order valence-corrected chi connectivity index (χ0v) is 15.0. The molecule has 0 bridgehead atoms. The Labute approximate surface area is 152 Å². The Hall–Kier alpha value is -2.90. The second-order valence-electron chi connectivity index (χ2n) is 6.17. The Kier molecular flexibility index (Phi) is 7.13. The maximum Gasteiger partial charge on any atom is 0.317 e. The van der Waals surface area contributed by atoms with Gasteiger partial charge in [-0.1, -0.05) is 35.5 Å². The van der Waals surface area contributed by atoms with Gasteiger partial charge in [-0.2, -0.15) is 4.98 Å². The second kappa shape index (κ2) is 9.55. The normalized spacial score (nSPS) is 11.8. The van der Waals surface area contributed by atoms with Gasteiger partial charge in [-0.05, 0) is 18.4 Å². The first kappa shape index (κ1) is 19.4. The number of hydrogen-bond donors (Lipinski definition) is 2. The van der Waals surface area contributed by atoms with Crippen molar-refractivity contribution in [3.05, 3.63) is 47.6 Å². The van der Waals surface area contributed by atoms with E-state index in [1.54, 1.807) is 14.0 Å². The fraction of sp³-hybridized carbons (Fsp3) is 0.444. The molecule has 8 heteroatoms. The molecule has 0 aliphatic heterocycles. The van der Waals surface area contributed by atoms with Gasteiger partial charge < -0.3 is 19.8 Å². The number of amides is 2. The highest BCUT2D eigenvalue weighted by Crippen LogP contribution is 2.09. The number of carboxylic acids is 1. The average Bonchev–Trinajstić information content (AvgIpc) is 3.03. The van der Waals surface area contributed by atoms with Crippen LogP contribution in [0.25, 0.3) is 0 Å². The molecule has 2 N–H and O–H groups in total. The van der Waals surface area contributed by atoms with E-state index in [1.165, 1.54) is 4.90 Å². The highest BCUT2D eigenvalue weighted by molar-refractivity contribution is 5.74. The number of benzene rings is 1. The molecule has 0 aliphatic rings. The van der Waals surface area contributed by atoms with Crippen LogP contribution in [0, 0.1) is 6.92 Å². The summed E-state index contributed by atoms with van der Waals surface area (Å²) in [7, 11) is 1.68. The largest absolute Gasteiger partial charge is 0.481 e. The highest BCUT2D eigenvalue weighted by Gasteiger charge is 2.17. The lowest BCUT2D eigenvalue weighted by Crippen LogP contribution is -2.44. The van der Waals surface area contributed by atoms with Crippen molar-refractivity contribution in [1.29, 1.82) is 0 Å². The number of nitrogens with zero attached hydrogens (tertiary/aromatic N) is 3. The fourth-order valence-electron chi connectivity index (χ4n) is 2.52. The smallest absolute Gasteiger partial charge is 0.317 e. The number of carboxylic acid groups (broad SMARTS) is 1. The lowest BCUT2D eigenvalue weighted by atomic mass is 10.0. The molecule has 0 spiro atoms. The van der Waals surface area contributed by atoms with Gasteiger partial charge in [0, 0.05) is 39.4 Å². The van der Waals surface area contributed by atoms with E-state index < -0.39 is 5.97 Å². The molecule has 0 aliphatic carbocycles. The van der Waals surface area contributed by atoms with Crippen LogP contribution in [-0.4, -0.2) is 51.8 Å². The minimum atomic E-state index is -0.877. The molecule has 140 valence electrons. The van der Waals surface area contributed by atoms with Gasteiger partial charge in [-0.15, -0.1) is 0 Å². The first-order valence-corrected chi connectivity index (χ1v) is 8.50. The Bertz CT molecular complexity index is 717. The number of hydrogen-bond acceptors (Lipinski definition) is 5. The van der Waals surface area contributed by atoms with Crippen molar-refractivity contribution in [2.24, 2.45) is 0 Å². The Morgan fingerprint density at radius 1 is 1.31 bits per heavy atom. The van der Waals surface area contributed by atoms with Gasteiger partial charge in [-0.3, -0.25) is 4.79 Å². The minimum absolute atomic E-state index is 0.00360. The van der Waals surface area contributed by atoms with E-state index in [0.29, 0.717) is 37.5 Å². The molecule has 8 nitrogen and oxygen atoms in total. The summed E-state index contributed by atoms with van der Waals surface area (Å²) in [4.78, 5) is 28.9. The van der Waals surface area contributed by atoms with Crippen LogP contribution < -0.4 is 5.32 Å². The molecule has 1 aromatic heterocycles. The van der Waals surface area contributed by atoms with Crippen molar-refractivity contribution < 1.29 is 19.2 Å². The van der Waals surface area contributed by atoms with E-state index in [0.717, 1.165) is 5.56 Å². The molecule has 2 aromatic rings. The molecule has 1 atom stereocenters. The van der Waals surface area contributed by atoms with Crippen LogP contribution in [0.4, 0.5) is 4.79 Å². The number of aromatic nitrogens is 2. The Balaban J connectivity index is 1.89. The van der Waals surface area contributed by atoms with Gasteiger partial charge in [0.25, 0.3) is 0 Å². The molecule has 1 heterocycles. The average molecular weight is 360 g/mol. The Morgan fingerprint density at radius 2 is 2.04 bits per heavy atom. The van der Waals surface area contributed by atoms with Gasteiger partial charge in [0.2, 0.25) is 5.89 Å². The third-order valence-corrected chi connectivity index (χ3v) is 3.95. The molecule has 0 saturated carbocycles. The summed E-state index contributed by atoms with van der Waals surface area (Å²) in [6.45, 7) is 2.14. The van der Waals surface area contributed by atoms with E-state index in [9.17, 15) is 9.59 Å². The third-order valence-electron chi connectivity index (χ3n) is 3.95. The zero-order chi connectivity index (χ0) is 18.9. The van der Waals surface area contributed by atoms with E-state index in [-0.39, 0.29) is 18.5 Å². The summed E-state index contributed by atoms with van der Waals surface area (Å²) >= 11 is 0. The first-order valence-electron chi connectivity index (χ1n) is 8.50. The molecule has 0 saturated heterocycles. The second-order valence-corrected chi connectivity index (χ2v) is 6.17. The number of rotatable bonds is 9. The quantitative estimate of drug-likeness (QED) is 0.708. The van der Waals surface area contributed by atoms with Crippen LogP contribution in [-0.2, 0) is 17.6 Å². The summed E-state index contributed by atoms with van der Waals surface area (Å²) in [5.74, 6) is 0.163. The number of aryl methyl sites for hydroxylation is 1. The van der Waals surface area contributed by atoms with E-state index in [2.05, 4.69) is 15.5 Å². The van der Waals surface area contributed by atoms with Gasteiger partial charge in [0.05, 0.1) is 0 Å². The summed E-state index contributed by atoms with van der Waals surface area (Å²) < 4.78 is 4.91. The first-order chi connectivity index (χ1) is 12.4. The van der Waals surface area contributed by atoms with Gasteiger partial charge in [-0.25, -0.2) is 4.79 Å². The summed E-state index contributed by atoms with van der Waals surface area (Å²) in [6, 6.07) is 9.17. The maximum atomic E-state index is 12.4. The maximum absolute atomic E-state index is 12.4. The van der Waals surface area contributed by atoms with Crippen LogP contribution >= 0.6 is 0 Å². The van der Waals surface area contributed by atoms with Crippen molar-refractivity contribution in [1.82, 2.24) is 20.4 Å². The van der Waals surface area contributed by atoms with Crippen molar-refractivity contribution in [2.45, 2.75) is 38.6 Å². The summed E-state index contributed by atoms with van der Waals surface area (Å²) in [5, 5.41) is 15.7. The number of aliphatic carboxylic acids is 1. The molecule has 2 amide bonds. The predicted molar refractivity (Wildman–Crippen MR) is 94.7 cm³/mol. The van der Waals surface area contributed by atoms with E-state index in [4.69, 9.17) is 9.63 Å². The van der Waals surface area contributed by atoms with Gasteiger partial charge in [0.1, 0.15) is 0 Å². The summed E-state index contributed by atoms with van der Waals surface area (Å²) in [5.41, 5.74) is 1.05. The van der Waals surface area contributed by atoms with Crippen LogP contribution in [0.15, 0.2) is 34.9 Å². The lowest BCUT2D eigenvalue weighted by molar-refractivity contribution is -0.137. The highest BCUT2D eigenvalue weighted by atomic mass is 16.5. The fourth-order valence-corrected chi connectivity index (χ4v) is 2.52. The molecule has 26 heavy (non-hydrogen) atoms. The minimum Gasteiger partial charge on any atom is -0.481 e. The van der Waals surface area contributed by atoms with Gasteiger partial charge >= 0.3 is 12.0 Å². The van der Waals surface area contributed by atoms with Gasteiger partial charge in [0.15, 0.2) is 5.82 Å². The molecular weight excluding hydrogens is 336 g/mol. The SMILES string of the molecule is Cc1nc(CCN(C)C(=O)NC(CCC(=O)O)Cc2ccccc2)no1. The van der Waals surface area contributed by atoms with Crippen molar-refractivity contribution in [3.8, 4) is 0 Å². The number of nitrogens with one attached hydrogen (secondary N) is 1. The predicted octanol–water partition coefficient (Wildman–Crippen LogP) is 2.04. The Morgan fingerprint density at radius 3 is 2.65 bits per heavy atom. The van der Waals surface area contributed by atoms with Crippen LogP contribution in [0.5, 0.6) is 0 Å². The monoisotopic (exact) mass is 360 g/mol. The lowest BCUT2D eigenvalue weighted by Gasteiger charge is -2.23. The third kappa shape index (κ3) is 6.54. The molecule has 2 rings (SSSR count). The topological polar surface area (TPSA) is 109 Å². The molecule has 1 aromatic carbocycles. The number of likely N-dealkylation sites (N-methyl/N-ethyl adjacent to an activating group) is 1. The standard InChI is InChI=1S/C18H24N4O4/c1-13-19-16(21-26-13)10-11-22(2)18(25)20-15(8-9-17(23)24)12-14-6-4-3-5-7-14/h3-7,15H,8-12H2,1-2H3,(H,20,25)(H,23,24). The van der Waals surface area contributed by atoms with E-state index in [1.807, 2.05) is 30.3 Å². The molecule has 0 fully saturated rings. The number of carbonyl (C=O) groups excluding carboxylic acids is 1.